The molecule has 0 fully saturated rings. The number of pyridine rings is 1. The number of amides is 1. The van der Waals surface area contributed by atoms with Gasteiger partial charge in [-0.2, -0.15) is 4.57 Å². The van der Waals surface area contributed by atoms with Crippen LogP contribution in [0.2, 0.25) is 5.02 Å². The molecule has 1 N–H and O–H groups in total. The number of anilines is 1. The first-order chi connectivity index (χ1) is 9.47. The van der Waals surface area contributed by atoms with Gasteiger partial charge in [0.2, 0.25) is 6.54 Å². The Kier molecular flexibility index (Phi) is 4.40. The quantitative estimate of drug-likeness (QED) is 0.865. The van der Waals surface area contributed by atoms with E-state index in [1.54, 1.807) is 6.07 Å². The van der Waals surface area contributed by atoms with E-state index >= 15 is 0 Å². The molecule has 0 unspecified atom stereocenters. The van der Waals surface area contributed by atoms with E-state index in [1.165, 1.54) is 5.56 Å². The number of halogens is 1. The lowest BCUT2D eigenvalue weighted by molar-refractivity contribution is -0.690. The Balaban J connectivity index is 2.09. The van der Waals surface area contributed by atoms with Crippen molar-refractivity contribution >= 4 is 23.2 Å². The lowest BCUT2D eigenvalue weighted by Crippen LogP contribution is -2.43. The first-order valence-corrected chi connectivity index (χ1v) is 6.87. The van der Waals surface area contributed by atoms with E-state index in [2.05, 4.69) is 5.32 Å². The van der Waals surface area contributed by atoms with Crippen molar-refractivity contribution in [1.29, 1.82) is 0 Å². The minimum absolute atomic E-state index is 0.0661. The SMILES string of the molecule is Cc1ccc(NC(=O)C[n+]2cccc(C)c2C)cc1Cl. The molecular weight excluding hydrogens is 272 g/mol. The van der Waals surface area contributed by atoms with Crippen molar-refractivity contribution in [3.8, 4) is 0 Å². The van der Waals surface area contributed by atoms with Crippen molar-refractivity contribution in [2.75, 3.05) is 5.32 Å². The Morgan fingerprint density at radius 3 is 2.65 bits per heavy atom. The molecule has 0 aliphatic rings. The van der Waals surface area contributed by atoms with E-state index in [9.17, 15) is 4.79 Å². The van der Waals surface area contributed by atoms with Gasteiger partial charge < -0.3 is 5.32 Å². The summed E-state index contributed by atoms with van der Waals surface area (Å²) in [6.45, 7) is 6.26. The molecule has 2 aromatic rings. The van der Waals surface area contributed by atoms with E-state index in [4.69, 9.17) is 11.6 Å². The van der Waals surface area contributed by atoms with Crippen molar-refractivity contribution in [2.45, 2.75) is 27.3 Å². The Morgan fingerprint density at radius 1 is 1.20 bits per heavy atom. The molecule has 0 atom stereocenters. The summed E-state index contributed by atoms with van der Waals surface area (Å²) in [4.78, 5) is 12.1. The van der Waals surface area contributed by atoms with Gasteiger partial charge in [0.25, 0.3) is 5.91 Å². The predicted octanol–water partition coefficient (Wildman–Crippen LogP) is 3.19. The maximum Gasteiger partial charge on any atom is 0.290 e. The number of benzene rings is 1. The van der Waals surface area contributed by atoms with Crippen LogP contribution in [0.4, 0.5) is 5.69 Å². The Labute approximate surface area is 124 Å². The maximum atomic E-state index is 12.1. The first kappa shape index (κ1) is 14.5. The molecule has 1 amide bonds. The Morgan fingerprint density at radius 2 is 1.95 bits per heavy atom. The molecule has 0 aliphatic heterocycles. The van der Waals surface area contributed by atoms with Gasteiger partial charge in [-0.15, -0.1) is 0 Å². The van der Waals surface area contributed by atoms with Crippen LogP contribution in [0.3, 0.4) is 0 Å². The van der Waals surface area contributed by atoms with Gasteiger partial charge in [-0.1, -0.05) is 17.7 Å². The number of rotatable bonds is 3. The Bertz CT molecular complexity index is 653. The summed E-state index contributed by atoms with van der Waals surface area (Å²) in [5.41, 5.74) is 3.97. The fourth-order valence-corrected chi connectivity index (χ4v) is 2.13. The summed E-state index contributed by atoms with van der Waals surface area (Å²) in [5, 5.41) is 3.52. The molecule has 20 heavy (non-hydrogen) atoms. The average molecular weight is 290 g/mol. The number of aryl methyl sites for hydroxylation is 2. The van der Waals surface area contributed by atoms with Crippen molar-refractivity contribution in [3.63, 3.8) is 0 Å². The second kappa shape index (κ2) is 6.06. The summed E-state index contributed by atoms with van der Waals surface area (Å²) in [5.74, 6) is -0.0661. The summed E-state index contributed by atoms with van der Waals surface area (Å²) in [7, 11) is 0. The number of hydrogen-bond donors (Lipinski definition) is 1. The zero-order chi connectivity index (χ0) is 14.7. The van der Waals surface area contributed by atoms with Gasteiger partial charge in [0.05, 0.1) is 0 Å². The van der Waals surface area contributed by atoms with E-state index in [-0.39, 0.29) is 5.91 Å². The molecule has 0 saturated carbocycles. The van der Waals surface area contributed by atoms with Crippen LogP contribution in [0.25, 0.3) is 0 Å². The van der Waals surface area contributed by atoms with Crippen molar-refractivity contribution < 1.29 is 9.36 Å². The van der Waals surface area contributed by atoms with Gasteiger partial charge in [0, 0.05) is 29.3 Å². The molecule has 3 nitrogen and oxygen atoms in total. The normalized spacial score (nSPS) is 10.4. The van der Waals surface area contributed by atoms with Crippen LogP contribution in [0.15, 0.2) is 36.5 Å². The van der Waals surface area contributed by atoms with E-state index in [0.29, 0.717) is 11.6 Å². The highest BCUT2D eigenvalue weighted by Gasteiger charge is 2.14. The first-order valence-electron chi connectivity index (χ1n) is 6.49. The second-order valence-corrected chi connectivity index (χ2v) is 5.32. The lowest BCUT2D eigenvalue weighted by atomic mass is 10.2. The largest absolute Gasteiger partial charge is 0.321 e. The van der Waals surface area contributed by atoms with Crippen LogP contribution in [-0.2, 0) is 11.3 Å². The highest BCUT2D eigenvalue weighted by Crippen LogP contribution is 2.19. The molecule has 0 radical (unpaired) electrons. The third kappa shape index (κ3) is 3.36. The van der Waals surface area contributed by atoms with Gasteiger partial charge in [0.15, 0.2) is 11.9 Å². The number of nitrogens with one attached hydrogen (secondary N) is 1. The predicted molar refractivity (Wildman–Crippen MR) is 80.9 cm³/mol. The van der Waals surface area contributed by atoms with Gasteiger partial charge in [-0.05, 0) is 37.6 Å². The topological polar surface area (TPSA) is 33.0 Å². The van der Waals surface area contributed by atoms with E-state index < -0.39 is 0 Å². The second-order valence-electron chi connectivity index (χ2n) is 4.92. The fraction of sp³-hybridized carbons (Fsp3) is 0.250. The minimum atomic E-state index is -0.0661. The van der Waals surface area contributed by atoms with Crippen LogP contribution in [-0.4, -0.2) is 5.91 Å². The van der Waals surface area contributed by atoms with Crippen LogP contribution >= 0.6 is 11.6 Å². The standard InChI is InChI=1S/C16H17ClN2O/c1-11-5-4-8-19(13(11)3)10-16(20)18-14-7-6-12(2)15(17)9-14/h4-9H,10H2,1-3H3/p+1. The molecule has 1 aromatic carbocycles. The molecule has 1 aromatic heterocycles. The molecule has 4 heteroatoms. The molecule has 0 spiro atoms. The lowest BCUT2D eigenvalue weighted by Gasteiger charge is -2.06. The third-order valence-corrected chi connectivity index (χ3v) is 3.79. The number of aromatic nitrogens is 1. The smallest absolute Gasteiger partial charge is 0.290 e. The van der Waals surface area contributed by atoms with Crippen LogP contribution in [0.1, 0.15) is 16.8 Å². The summed E-state index contributed by atoms with van der Waals surface area (Å²) in [6.07, 6.45) is 1.91. The third-order valence-electron chi connectivity index (χ3n) is 3.38. The fourth-order valence-electron chi connectivity index (χ4n) is 1.95. The Hall–Kier alpha value is -1.87. The highest BCUT2D eigenvalue weighted by molar-refractivity contribution is 6.31. The molecule has 0 bridgehead atoms. The van der Waals surface area contributed by atoms with Gasteiger partial charge >= 0.3 is 0 Å². The molecule has 104 valence electrons. The van der Waals surface area contributed by atoms with Crippen molar-refractivity contribution in [3.05, 3.63) is 58.4 Å². The molecule has 2 rings (SSSR count). The van der Waals surface area contributed by atoms with Crippen LogP contribution in [0, 0.1) is 20.8 Å². The average Bonchev–Trinajstić information content (AvgIpc) is 2.39. The summed E-state index contributed by atoms with van der Waals surface area (Å²) < 4.78 is 1.93. The molecular formula is C16H18ClN2O+. The molecule has 0 saturated heterocycles. The summed E-state index contributed by atoms with van der Waals surface area (Å²) in [6, 6.07) is 9.49. The summed E-state index contributed by atoms with van der Waals surface area (Å²) >= 11 is 6.05. The van der Waals surface area contributed by atoms with Gasteiger partial charge in [0.1, 0.15) is 0 Å². The number of carbonyl (C=O) groups is 1. The molecule has 1 heterocycles. The van der Waals surface area contributed by atoms with E-state index in [0.717, 1.165) is 16.9 Å². The van der Waals surface area contributed by atoms with Crippen LogP contribution in [0.5, 0.6) is 0 Å². The van der Waals surface area contributed by atoms with Gasteiger partial charge in [-0.25, -0.2) is 0 Å². The number of hydrogen-bond acceptors (Lipinski definition) is 1. The number of nitrogens with zero attached hydrogens (tertiary/aromatic N) is 1. The highest BCUT2D eigenvalue weighted by atomic mass is 35.5. The van der Waals surface area contributed by atoms with Crippen LogP contribution < -0.4 is 9.88 Å². The minimum Gasteiger partial charge on any atom is -0.321 e. The molecule has 0 aliphatic carbocycles. The van der Waals surface area contributed by atoms with Crippen molar-refractivity contribution in [1.82, 2.24) is 0 Å². The maximum absolute atomic E-state index is 12.1. The van der Waals surface area contributed by atoms with E-state index in [1.807, 2.05) is 55.8 Å². The number of carbonyl (C=O) groups excluding carboxylic acids is 1. The zero-order valence-electron chi connectivity index (χ0n) is 11.9. The van der Waals surface area contributed by atoms with Crippen molar-refractivity contribution in [2.24, 2.45) is 0 Å². The zero-order valence-corrected chi connectivity index (χ0v) is 12.7. The monoisotopic (exact) mass is 289 g/mol. The van der Waals surface area contributed by atoms with Gasteiger partial charge in [-0.3, -0.25) is 4.79 Å².